The lowest BCUT2D eigenvalue weighted by Crippen LogP contribution is -2.24. The average molecular weight is 453 g/mol. The quantitative estimate of drug-likeness (QED) is 0.362. The van der Waals surface area contributed by atoms with Crippen LogP contribution in [0.1, 0.15) is 6.42 Å². The number of hydrogen-bond acceptors (Lipinski definition) is 5. The molecule has 0 saturated carbocycles. The van der Waals surface area contributed by atoms with Crippen LogP contribution in [0.15, 0.2) is 97.1 Å². The molecule has 4 aromatic carbocycles. The van der Waals surface area contributed by atoms with E-state index in [0.29, 0.717) is 6.54 Å². The van der Waals surface area contributed by atoms with Gasteiger partial charge in [-0.05, 0) is 48.5 Å². The van der Waals surface area contributed by atoms with E-state index in [4.69, 9.17) is 14.6 Å². The van der Waals surface area contributed by atoms with Crippen molar-refractivity contribution >= 4 is 28.7 Å². The summed E-state index contributed by atoms with van der Waals surface area (Å²) in [5.41, 5.74) is 4.03. The van der Waals surface area contributed by atoms with E-state index in [1.807, 2.05) is 89.8 Å². The summed E-state index contributed by atoms with van der Waals surface area (Å²) in [5, 5.41) is 8.88. The number of aliphatic carboxylic acids is 1. The fourth-order valence-electron chi connectivity index (χ4n) is 4.12. The molecule has 0 fully saturated rings. The highest BCUT2D eigenvalue weighted by Crippen LogP contribution is 2.46. The minimum absolute atomic E-state index is 0.0860. The highest BCUT2D eigenvalue weighted by molar-refractivity contribution is 5.79. The number of rotatable bonds is 3. The number of benzene rings is 4. The van der Waals surface area contributed by atoms with Crippen molar-refractivity contribution in [2.45, 2.75) is 6.42 Å². The Morgan fingerprint density at radius 2 is 1.00 bits per heavy atom. The number of carboxylic acids is 1. The Kier molecular flexibility index (Phi) is 5.79. The van der Waals surface area contributed by atoms with E-state index in [1.54, 1.807) is 0 Å². The highest BCUT2D eigenvalue weighted by atomic mass is 16.5. The maximum absolute atomic E-state index is 10.8. The van der Waals surface area contributed by atoms with E-state index in [2.05, 4.69) is 24.1 Å². The molecule has 0 aromatic heterocycles. The third-order valence-corrected chi connectivity index (χ3v) is 5.75. The van der Waals surface area contributed by atoms with Gasteiger partial charge in [-0.15, -0.1) is 0 Å². The van der Waals surface area contributed by atoms with Crippen molar-refractivity contribution in [3.8, 4) is 23.0 Å². The first kappa shape index (κ1) is 21.4. The summed E-state index contributed by atoms with van der Waals surface area (Å²) in [6.45, 7) is 0.423. The average Bonchev–Trinajstić information content (AvgIpc) is 2.87. The van der Waals surface area contributed by atoms with E-state index < -0.39 is 5.97 Å². The molecule has 1 N–H and O–H groups in total. The summed E-state index contributed by atoms with van der Waals surface area (Å²) < 4.78 is 11.6. The fourth-order valence-corrected chi connectivity index (χ4v) is 4.12. The summed E-state index contributed by atoms with van der Waals surface area (Å²) in [7, 11) is 2.06. The zero-order chi connectivity index (χ0) is 23.5. The Labute approximate surface area is 198 Å². The van der Waals surface area contributed by atoms with E-state index >= 15 is 0 Å². The van der Waals surface area contributed by atoms with Gasteiger partial charge in [0.2, 0.25) is 0 Å². The minimum atomic E-state index is -0.804. The summed E-state index contributed by atoms with van der Waals surface area (Å²) in [6.07, 6.45) is 0.0860. The van der Waals surface area contributed by atoms with Crippen molar-refractivity contribution in [2.75, 3.05) is 23.4 Å². The van der Waals surface area contributed by atoms with Crippen LogP contribution in [0.25, 0.3) is 0 Å². The summed E-state index contributed by atoms with van der Waals surface area (Å²) in [6, 6.07) is 31.4. The summed E-state index contributed by atoms with van der Waals surface area (Å²) in [4.78, 5) is 14.9. The maximum Gasteiger partial charge on any atom is 0.305 e. The van der Waals surface area contributed by atoms with Crippen LogP contribution in [0.2, 0.25) is 0 Å². The standard InChI is InChI=1S/C15H13NO3.C13H11NO/c17-15(18)9-10-16-11-5-1-3-7-13(11)19-14-8-4-2-6-12(14)16;1-14-10-6-2-4-8-12(10)15-13-9-5-3-7-11(13)14/h1-8H,9-10H2,(H,17,18);2-9H,1H3. The van der Waals surface area contributed by atoms with Crippen molar-refractivity contribution < 1.29 is 19.4 Å². The topological polar surface area (TPSA) is 62.2 Å². The molecule has 170 valence electrons. The summed E-state index contributed by atoms with van der Waals surface area (Å²) >= 11 is 0. The first-order valence-corrected chi connectivity index (χ1v) is 11.1. The Balaban J connectivity index is 0.000000145. The van der Waals surface area contributed by atoms with Gasteiger partial charge in [0, 0.05) is 13.6 Å². The lowest BCUT2D eigenvalue weighted by molar-refractivity contribution is -0.136. The molecule has 0 atom stereocenters. The Hall–Kier alpha value is -4.45. The first-order chi connectivity index (χ1) is 16.6. The molecule has 2 heterocycles. The zero-order valence-electron chi connectivity index (χ0n) is 18.7. The van der Waals surface area contributed by atoms with Crippen LogP contribution in [-0.2, 0) is 4.79 Å². The Morgan fingerprint density at radius 3 is 1.41 bits per heavy atom. The lowest BCUT2D eigenvalue weighted by atomic mass is 10.1. The number of nitrogens with zero attached hydrogens (tertiary/aromatic N) is 2. The van der Waals surface area contributed by atoms with Crippen LogP contribution < -0.4 is 19.3 Å². The normalized spacial score (nSPS) is 12.5. The molecule has 0 bridgehead atoms. The number of fused-ring (bicyclic) bond motifs is 4. The number of carboxylic acid groups (broad SMARTS) is 1. The molecular weight excluding hydrogens is 428 g/mol. The molecule has 6 nitrogen and oxygen atoms in total. The number of para-hydroxylation sites is 8. The van der Waals surface area contributed by atoms with Crippen molar-refractivity contribution in [3.05, 3.63) is 97.1 Å². The molecule has 34 heavy (non-hydrogen) atoms. The second-order valence-electron chi connectivity index (χ2n) is 7.93. The Morgan fingerprint density at radius 1 is 0.647 bits per heavy atom. The molecule has 2 aliphatic heterocycles. The van der Waals surface area contributed by atoms with Crippen molar-refractivity contribution in [3.63, 3.8) is 0 Å². The molecule has 6 heteroatoms. The molecular formula is C28H24N2O4. The van der Waals surface area contributed by atoms with Gasteiger partial charge in [0.05, 0.1) is 29.2 Å². The van der Waals surface area contributed by atoms with Gasteiger partial charge in [0.1, 0.15) is 0 Å². The van der Waals surface area contributed by atoms with E-state index in [0.717, 1.165) is 45.7 Å². The largest absolute Gasteiger partial charge is 0.481 e. The SMILES string of the molecule is CN1c2ccccc2Oc2ccccc21.O=C(O)CCN1c2ccccc2Oc2ccccc21. The molecule has 0 aliphatic carbocycles. The fraction of sp³-hybridized carbons (Fsp3) is 0.107. The maximum atomic E-state index is 10.8. The molecule has 2 aliphatic rings. The van der Waals surface area contributed by atoms with Gasteiger partial charge >= 0.3 is 5.97 Å². The number of ether oxygens (including phenoxy) is 2. The predicted molar refractivity (Wildman–Crippen MR) is 133 cm³/mol. The zero-order valence-corrected chi connectivity index (χ0v) is 18.7. The molecule has 0 saturated heterocycles. The van der Waals surface area contributed by atoms with Crippen LogP contribution in [0.4, 0.5) is 22.7 Å². The smallest absolute Gasteiger partial charge is 0.305 e. The molecule has 6 rings (SSSR count). The van der Waals surface area contributed by atoms with Gasteiger partial charge in [0.25, 0.3) is 0 Å². The minimum Gasteiger partial charge on any atom is -0.481 e. The third kappa shape index (κ3) is 4.13. The molecule has 0 spiro atoms. The molecule has 0 unspecified atom stereocenters. The number of hydrogen-bond donors (Lipinski definition) is 1. The highest BCUT2D eigenvalue weighted by Gasteiger charge is 2.24. The second-order valence-corrected chi connectivity index (χ2v) is 7.93. The lowest BCUT2D eigenvalue weighted by Gasteiger charge is -2.32. The van der Waals surface area contributed by atoms with Crippen LogP contribution in [-0.4, -0.2) is 24.7 Å². The van der Waals surface area contributed by atoms with Gasteiger partial charge in [0.15, 0.2) is 23.0 Å². The van der Waals surface area contributed by atoms with E-state index in [-0.39, 0.29) is 6.42 Å². The predicted octanol–water partition coefficient (Wildman–Crippen LogP) is 6.97. The molecule has 4 aromatic rings. The van der Waals surface area contributed by atoms with Crippen molar-refractivity contribution in [1.29, 1.82) is 0 Å². The van der Waals surface area contributed by atoms with Gasteiger partial charge < -0.3 is 24.4 Å². The van der Waals surface area contributed by atoms with Crippen LogP contribution in [0.3, 0.4) is 0 Å². The monoisotopic (exact) mass is 452 g/mol. The third-order valence-electron chi connectivity index (χ3n) is 5.75. The van der Waals surface area contributed by atoms with Crippen LogP contribution in [0, 0.1) is 0 Å². The van der Waals surface area contributed by atoms with Crippen molar-refractivity contribution in [1.82, 2.24) is 0 Å². The Bertz CT molecular complexity index is 1250. The molecule has 0 amide bonds. The molecule has 0 radical (unpaired) electrons. The van der Waals surface area contributed by atoms with Gasteiger partial charge in [-0.3, -0.25) is 4.79 Å². The van der Waals surface area contributed by atoms with Crippen LogP contribution >= 0.6 is 0 Å². The first-order valence-electron chi connectivity index (χ1n) is 11.1. The second kappa shape index (κ2) is 9.19. The van der Waals surface area contributed by atoms with Gasteiger partial charge in [-0.1, -0.05) is 48.5 Å². The van der Waals surface area contributed by atoms with E-state index in [1.165, 1.54) is 0 Å². The van der Waals surface area contributed by atoms with E-state index in [9.17, 15) is 4.79 Å². The van der Waals surface area contributed by atoms with Crippen molar-refractivity contribution in [2.24, 2.45) is 0 Å². The number of carbonyl (C=O) groups is 1. The van der Waals surface area contributed by atoms with Crippen LogP contribution in [0.5, 0.6) is 23.0 Å². The van der Waals surface area contributed by atoms with Gasteiger partial charge in [-0.2, -0.15) is 0 Å². The number of anilines is 4. The summed E-state index contributed by atoms with van der Waals surface area (Å²) in [5.74, 6) is 2.54. The van der Waals surface area contributed by atoms with Gasteiger partial charge in [-0.25, -0.2) is 0 Å².